The molecule has 0 spiro atoms. The molecule has 21 heavy (non-hydrogen) atoms. The van der Waals surface area contributed by atoms with Gasteiger partial charge in [0.15, 0.2) is 0 Å². The monoisotopic (exact) mass is 346 g/mol. The molecule has 1 aromatic heterocycles. The van der Waals surface area contributed by atoms with Gasteiger partial charge >= 0.3 is 0 Å². The van der Waals surface area contributed by atoms with Crippen LogP contribution < -0.4 is 0 Å². The van der Waals surface area contributed by atoms with Gasteiger partial charge in [-0.15, -0.1) is 0 Å². The van der Waals surface area contributed by atoms with E-state index in [4.69, 9.17) is 4.52 Å². The molecule has 2 aromatic carbocycles. The normalized spacial score (nSPS) is 10.8. The number of aryl methyl sites for hydroxylation is 1. The third-order valence-electron chi connectivity index (χ3n) is 3.09. The molecule has 0 bridgehead atoms. The summed E-state index contributed by atoms with van der Waals surface area (Å²) in [6.07, 6.45) is 0. The predicted octanol–water partition coefficient (Wildman–Crippen LogP) is 3.89. The van der Waals surface area contributed by atoms with Crippen LogP contribution in [0.1, 0.15) is 5.56 Å². The first-order valence-electron chi connectivity index (χ1n) is 6.18. The number of hydrogen-bond donors (Lipinski definition) is 2. The number of rotatable bonds is 2. The van der Waals surface area contributed by atoms with Gasteiger partial charge in [0.05, 0.1) is 0 Å². The third-order valence-corrected chi connectivity index (χ3v) is 3.94. The first-order valence-corrected chi connectivity index (χ1v) is 6.97. The van der Waals surface area contributed by atoms with Gasteiger partial charge in [0, 0.05) is 10.0 Å². The van der Waals surface area contributed by atoms with Crippen molar-refractivity contribution in [1.82, 2.24) is 10.1 Å². The lowest BCUT2D eigenvalue weighted by atomic mass is 10.1. The van der Waals surface area contributed by atoms with E-state index in [2.05, 4.69) is 26.1 Å². The van der Waals surface area contributed by atoms with Crippen molar-refractivity contribution >= 4 is 15.9 Å². The van der Waals surface area contributed by atoms with Gasteiger partial charge in [-0.2, -0.15) is 4.98 Å². The molecule has 0 aliphatic rings. The maximum atomic E-state index is 9.81. The van der Waals surface area contributed by atoms with E-state index < -0.39 is 0 Å². The van der Waals surface area contributed by atoms with Gasteiger partial charge in [-0.1, -0.05) is 39.3 Å². The molecular weight excluding hydrogens is 336 g/mol. The zero-order chi connectivity index (χ0) is 15.0. The van der Waals surface area contributed by atoms with Gasteiger partial charge in [-0.05, 0) is 30.7 Å². The summed E-state index contributed by atoms with van der Waals surface area (Å²) >= 11 is 3.45. The van der Waals surface area contributed by atoms with Gasteiger partial charge in [0.2, 0.25) is 5.82 Å². The lowest BCUT2D eigenvalue weighted by Gasteiger charge is -2.01. The predicted molar refractivity (Wildman–Crippen MR) is 80.9 cm³/mol. The van der Waals surface area contributed by atoms with E-state index in [0.717, 1.165) is 15.6 Å². The largest absolute Gasteiger partial charge is 0.507 e. The summed E-state index contributed by atoms with van der Waals surface area (Å²) in [4.78, 5) is 4.22. The van der Waals surface area contributed by atoms with Crippen LogP contribution in [0, 0.1) is 6.92 Å². The number of hydrogen-bond acceptors (Lipinski definition) is 5. The highest BCUT2D eigenvalue weighted by atomic mass is 79.9. The van der Waals surface area contributed by atoms with Crippen LogP contribution >= 0.6 is 15.9 Å². The minimum absolute atomic E-state index is 0.0669. The van der Waals surface area contributed by atoms with Crippen LogP contribution in [0.5, 0.6) is 11.5 Å². The highest BCUT2D eigenvalue weighted by Crippen LogP contribution is 2.36. The minimum Gasteiger partial charge on any atom is -0.507 e. The van der Waals surface area contributed by atoms with Crippen molar-refractivity contribution < 1.29 is 14.7 Å². The average molecular weight is 347 g/mol. The Morgan fingerprint density at radius 3 is 2.48 bits per heavy atom. The lowest BCUT2D eigenvalue weighted by molar-refractivity contribution is 0.416. The summed E-state index contributed by atoms with van der Waals surface area (Å²) in [7, 11) is 0. The number of aromatic hydroxyl groups is 2. The fraction of sp³-hybridized carbons (Fsp3) is 0.0667. The Labute approximate surface area is 129 Å². The SMILES string of the molecule is Cc1ccc(-c2noc(-c3c(O)cccc3O)n2)cc1Br. The second-order valence-corrected chi connectivity index (χ2v) is 5.41. The molecule has 3 rings (SSSR count). The Morgan fingerprint density at radius 2 is 1.81 bits per heavy atom. The molecule has 0 atom stereocenters. The number of nitrogens with zero attached hydrogens (tertiary/aromatic N) is 2. The van der Waals surface area contributed by atoms with E-state index in [-0.39, 0.29) is 23.0 Å². The summed E-state index contributed by atoms with van der Waals surface area (Å²) in [6, 6.07) is 10.1. The molecule has 0 aliphatic heterocycles. The van der Waals surface area contributed by atoms with E-state index >= 15 is 0 Å². The fourth-order valence-corrected chi connectivity index (χ4v) is 2.30. The number of aromatic nitrogens is 2. The number of benzene rings is 2. The quantitative estimate of drug-likeness (QED) is 0.735. The van der Waals surface area contributed by atoms with Crippen LogP contribution in [-0.4, -0.2) is 20.4 Å². The maximum Gasteiger partial charge on any atom is 0.265 e. The van der Waals surface area contributed by atoms with E-state index in [1.54, 1.807) is 0 Å². The van der Waals surface area contributed by atoms with Crippen LogP contribution in [-0.2, 0) is 0 Å². The summed E-state index contributed by atoms with van der Waals surface area (Å²) in [5, 5.41) is 23.5. The molecule has 0 aliphatic carbocycles. The van der Waals surface area contributed by atoms with Gasteiger partial charge in [0.25, 0.3) is 5.89 Å². The third kappa shape index (κ3) is 2.50. The summed E-state index contributed by atoms with van der Waals surface area (Å²) in [6.45, 7) is 1.98. The van der Waals surface area contributed by atoms with Crippen LogP contribution in [0.15, 0.2) is 45.4 Å². The van der Waals surface area contributed by atoms with Crippen molar-refractivity contribution in [2.45, 2.75) is 6.92 Å². The highest BCUT2D eigenvalue weighted by Gasteiger charge is 2.18. The van der Waals surface area contributed by atoms with Crippen molar-refractivity contribution in [3.63, 3.8) is 0 Å². The highest BCUT2D eigenvalue weighted by molar-refractivity contribution is 9.10. The number of phenolic OH excluding ortho intramolecular Hbond substituents is 2. The van der Waals surface area contributed by atoms with E-state index in [1.165, 1.54) is 18.2 Å². The minimum atomic E-state index is -0.115. The molecule has 2 N–H and O–H groups in total. The van der Waals surface area contributed by atoms with E-state index in [9.17, 15) is 10.2 Å². The van der Waals surface area contributed by atoms with Crippen molar-refractivity contribution in [3.05, 3.63) is 46.4 Å². The van der Waals surface area contributed by atoms with Crippen LogP contribution in [0.3, 0.4) is 0 Å². The molecule has 0 saturated carbocycles. The van der Waals surface area contributed by atoms with E-state index in [1.807, 2.05) is 25.1 Å². The molecular formula is C15H11BrN2O3. The standard InChI is InChI=1S/C15H11BrN2O3/c1-8-5-6-9(7-10(8)16)14-17-15(21-18-14)13-11(19)3-2-4-12(13)20/h2-7,19-20H,1H3. The molecule has 5 nitrogen and oxygen atoms in total. The summed E-state index contributed by atoms with van der Waals surface area (Å²) in [5.74, 6) is 0.219. The summed E-state index contributed by atoms with van der Waals surface area (Å²) < 4.78 is 6.08. The van der Waals surface area contributed by atoms with Crippen LogP contribution in [0.4, 0.5) is 0 Å². The molecule has 3 aromatic rings. The molecule has 6 heteroatoms. The smallest absolute Gasteiger partial charge is 0.265 e. The van der Waals surface area contributed by atoms with E-state index in [0.29, 0.717) is 5.82 Å². The van der Waals surface area contributed by atoms with Gasteiger partial charge in [0.1, 0.15) is 17.1 Å². The molecule has 0 radical (unpaired) electrons. The molecule has 0 saturated heterocycles. The number of halogens is 1. The van der Waals surface area contributed by atoms with Crippen molar-refractivity contribution in [1.29, 1.82) is 0 Å². The van der Waals surface area contributed by atoms with Crippen LogP contribution in [0.2, 0.25) is 0 Å². The van der Waals surface area contributed by atoms with Gasteiger partial charge in [-0.25, -0.2) is 0 Å². The van der Waals surface area contributed by atoms with Crippen molar-refractivity contribution in [2.75, 3.05) is 0 Å². The first kappa shape index (κ1) is 13.6. The molecule has 1 heterocycles. The fourth-order valence-electron chi connectivity index (χ4n) is 1.92. The average Bonchev–Trinajstić information content (AvgIpc) is 2.91. The Kier molecular flexibility index (Phi) is 3.39. The Hall–Kier alpha value is -2.34. The van der Waals surface area contributed by atoms with Gasteiger partial charge in [-0.3, -0.25) is 0 Å². The summed E-state index contributed by atoms with van der Waals surface area (Å²) in [5.41, 5.74) is 2.00. The van der Waals surface area contributed by atoms with Crippen molar-refractivity contribution in [2.24, 2.45) is 0 Å². The molecule has 106 valence electrons. The maximum absolute atomic E-state index is 9.81. The van der Waals surface area contributed by atoms with Gasteiger partial charge < -0.3 is 14.7 Å². The molecule has 0 amide bonds. The zero-order valence-electron chi connectivity index (χ0n) is 11.0. The Morgan fingerprint density at radius 1 is 1.10 bits per heavy atom. The Balaban J connectivity index is 2.06. The number of phenols is 2. The second-order valence-electron chi connectivity index (χ2n) is 4.56. The molecule has 0 unspecified atom stereocenters. The Bertz CT molecular complexity index is 794. The van der Waals surface area contributed by atoms with Crippen molar-refractivity contribution in [3.8, 4) is 34.3 Å². The first-order chi connectivity index (χ1) is 10.1. The van der Waals surface area contributed by atoms with Crippen LogP contribution in [0.25, 0.3) is 22.8 Å². The second kappa shape index (κ2) is 5.21. The topological polar surface area (TPSA) is 79.4 Å². The zero-order valence-corrected chi connectivity index (χ0v) is 12.6. The molecule has 0 fully saturated rings. The lowest BCUT2D eigenvalue weighted by Crippen LogP contribution is -1.84.